The maximum absolute atomic E-state index is 6.15. The molecule has 0 aliphatic carbocycles. The summed E-state index contributed by atoms with van der Waals surface area (Å²) in [6.07, 6.45) is 1.60. The average Bonchev–Trinajstić information content (AvgIpc) is 2.54. The Hall–Kier alpha value is -2.20. The van der Waals surface area contributed by atoms with E-state index in [9.17, 15) is 0 Å². The zero-order valence-corrected chi connectivity index (χ0v) is 14.5. The third-order valence-corrected chi connectivity index (χ3v) is 3.74. The molecule has 0 spiro atoms. The lowest BCUT2D eigenvalue weighted by molar-refractivity contribution is 0.131. The molecule has 0 amide bonds. The van der Waals surface area contributed by atoms with Crippen molar-refractivity contribution in [2.45, 2.75) is 20.5 Å². The van der Waals surface area contributed by atoms with Crippen LogP contribution in [-0.4, -0.2) is 20.4 Å². The van der Waals surface area contributed by atoms with Crippen molar-refractivity contribution < 1.29 is 14.3 Å². The van der Waals surface area contributed by atoms with Crippen LogP contribution in [0.25, 0.3) is 0 Å². The quantitative estimate of drug-likeness (QED) is 0.576. The Morgan fingerprint density at radius 1 is 1.09 bits per heavy atom. The lowest BCUT2D eigenvalue weighted by Gasteiger charge is -2.10. The Balaban J connectivity index is 2.06. The van der Waals surface area contributed by atoms with Gasteiger partial charge < -0.3 is 14.3 Å². The summed E-state index contributed by atoms with van der Waals surface area (Å²) in [6.45, 7) is 4.53. The highest BCUT2D eigenvalue weighted by molar-refractivity contribution is 6.32. The second-order valence-electron chi connectivity index (χ2n) is 5.18. The highest BCUT2D eigenvalue weighted by atomic mass is 35.5. The summed E-state index contributed by atoms with van der Waals surface area (Å²) in [5.74, 6) is 1.05. The van der Waals surface area contributed by atoms with Crippen molar-refractivity contribution in [3.63, 3.8) is 0 Å². The normalized spacial score (nSPS) is 10.8. The number of rotatable bonds is 6. The molecule has 0 N–H and O–H groups in total. The van der Waals surface area contributed by atoms with Crippen LogP contribution < -0.4 is 9.47 Å². The minimum Gasteiger partial charge on any atom is -0.493 e. The fourth-order valence-electron chi connectivity index (χ4n) is 2.17. The summed E-state index contributed by atoms with van der Waals surface area (Å²) in [4.78, 5) is 5.38. The van der Waals surface area contributed by atoms with Gasteiger partial charge in [-0.15, -0.1) is 0 Å². The third kappa shape index (κ3) is 4.39. The van der Waals surface area contributed by atoms with E-state index < -0.39 is 0 Å². The number of hydrogen-bond acceptors (Lipinski definition) is 4. The summed E-state index contributed by atoms with van der Waals surface area (Å²) < 4.78 is 10.4. The van der Waals surface area contributed by atoms with E-state index in [1.165, 1.54) is 11.1 Å². The molecule has 0 radical (unpaired) electrons. The molecule has 0 fully saturated rings. The van der Waals surface area contributed by atoms with Gasteiger partial charge in [0.1, 0.15) is 6.61 Å². The standard InChI is InChI=1S/C18H20ClNO3/c1-12-5-6-13(2)15(7-12)11-23-20-10-14-8-16(19)18(22-4)17(9-14)21-3/h5-10H,11H2,1-4H3/b20-10-. The van der Waals surface area contributed by atoms with Crippen LogP contribution in [0.1, 0.15) is 22.3 Å². The molecule has 122 valence electrons. The predicted octanol–water partition coefficient (Wildman–Crippen LogP) is 4.52. The Bertz CT molecular complexity index is 714. The molecule has 0 aliphatic heterocycles. The minimum absolute atomic E-state index is 0.422. The summed E-state index contributed by atoms with van der Waals surface area (Å²) >= 11 is 6.15. The van der Waals surface area contributed by atoms with Crippen molar-refractivity contribution >= 4 is 17.8 Å². The molecule has 5 heteroatoms. The maximum atomic E-state index is 6.15. The zero-order chi connectivity index (χ0) is 16.8. The molecule has 2 aromatic rings. The first-order chi connectivity index (χ1) is 11.0. The Kier molecular flexibility index (Phi) is 5.88. The van der Waals surface area contributed by atoms with Crippen molar-refractivity contribution in [2.75, 3.05) is 14.2 Å². The molecule has 0 saturated carbocycles. The molecule has 2 rings (SSSR count). The number of nitrogens with zero attached hydrogens (tertiary/aromatic N) is 1. The Morgan fingerprint density at radius 3 is 2.57 bits per heavy atom. The average molecular weight is 334 g/mol. The van der Waals surface area contributed by atoms with E-state index in [-0.39, 0.29) is 0 Å². The van der Waals surface area contributed by atoms with Gasteiger partial charge in [0, 0.05) is 5.56 Å². The van der Waals surface area contributed by atoms with Crippen LogP contribution >= 0.6 is 11.6 Å². The molecular weight excluding hydrogens is 314 g/mol. The largest absolute Gasteiger partial charge is 0.493 e. The molecular formula is C18H20ClNO3. The molecule has 0 atom stereocenters. The monoisotopic (exact) mass is 333 g/mol. The molecule has 0 unspecified atom stereocenters. The van der Waals surface area contributed by atoms with Gasteiger partial charge in [0.2, 0.25) is 0 Å². The SMILES string of the molecule is COc1cc(/C=N\OCc2cc(C)ccc2C)cc(Cl)c1OC. The lowest BCUT2D eigenvalue weighted by atomic mass is 10.1. The topological polar surface area (TPSA) is 40.0 Å². The van der Waals surface area contributed by atoms with Crippen molar-refractivity contribution in [3.05, 3.63) is 57.6 Å². The highest BCUT2D eigenvalue weighted by Crippen LogP contribution is 2.35. The van der Waals surface area contributed by atoms with E-state index in [4.69, 9.17) is 25.9 Å². The van der Waals surface area contributed by atoms with E-state index in [2.05, 4.69) is 37.2 Å². The van der Waals surface area contributed by atoms with Crippen LogP contribution in [0, 0.1) is 13.8 Å². The first kappa shape index (κ1) is 17.2. The number of aryl methyl sites for hydroxylation is 2. The summed E-state index contributed by atoms with van der Waals surface area (Å²) in [5, 5.41) is 4.46. The van der Waals surface area contributed by atoms with E-state index in [1.807, 2.05) is 0 Å². The van der Waals surface area contributed by atoms with Gasteiger partial charge in [-0.05, 0) is 37.1 Å². The van der Waals surface area contributed by atoms with Gasteiger partial charge in [-0.3, -0.25) is 0 Å². The fraction of sp³-hybridized carbons (Fsp3) is 0.278. The van der Waals surface area contributed by atoms with Gasteiger partial charge in [-0.2, -0.15) is 0 Å². The van der Waals surface area contributed by atoms with Crippen LogP contribution in [0.2, 0.25) is 5.02 Å². The molecule has 0 saturated heterocycles. The summed E-state index contributed by atoms with van der Waals surface area (Å²) in [7, 11) is 3.11. The number of halogens is 1. The molecule has 0 aliphatic rings. The number of methoxy groups -OCH3 is 2. The Morgan fingerprint density at radius 2 is 1.87 bits per heavy atom. The molecule has 0 bridgehead atoms. The van der Waals surface area contributed by atoms with Gasteiger partial charge in [0.05, 0.1) is 25.5 Å². The second kappa shape index (κ2) is 7.88. The van der Waals surface area contributed by atoms with Crippen molar-refractivity contribution in [1.29, 1.82) is 0 Å². The van der Waals surface area contributed by atoms with Crippen molar-refractivity contribution in [2.24, 2.45) is 5.16 Å². The Labute approximate surface area is 141 Å². The number of ether oxygens (including phenoxy) is 2. The van der Waals surface area contributed by atoms with Crippen LogP contribution in [0.3, 0.4) is 0 Å². The molecule has 23 heavy (non-hydrogen) atoms. The van der Waals surface area contributed by atoms with Crippen molar-refractivity contribution in [1.82, 2.24) is 0 Å². The van der Waals surface area contributed by atoms with E-state index >= 15 is 0 Å². The smallest absolute Gasteiger partial charge is 0.179 e. The van der Waals surface area contributed by atoms with Crippen LogP contribution in [0.5, 0.6) is 11.5 Å². The number of benzene rings is 2. The van der Waals surface area contributed by atoms with E-state index in [0.717, 1.165) is 11.1 Å². The van der Waals surface area contributed by atoms with Crippen molar-refractivity contribution in [3.8, 4) is 11.5 Å². The van der Waals surface area contributed by atoms with Crippen LogP contribution in [-0.2, 0) is 11.4 Å². The highest BCUT2D eigenvalue weighted by Gasteiger charge is 2.10. The zero-order valence-electron chi connectivity index (χ0n) is 13.7. The lowest BCUT2D eigenvalue weighted by Crippen LogP contribution is -1.95. The maximum Gasteiger partial charge on any atom is 0.179 e. The summed E-state index contributed by atoms with van der Waals surface area (Å²) in [5.41, 5.74) is 4.27. The van der Waals surface area contributed by atoms with E-state index in [0.29, 0.717) is 23.1 Å². The van der Waals surface area contributed by atoms with Gasteiger partial charge >= 0.3 is 0 Å². The van der Waals surface area contributed by atoms with Gasteiger partial charge in [-0.25, -0.2) is 0 Å². The van der Waals surface area contributed by atoms with Crippen LogP contribution in [0.4, 0.5) is 0 Å². The fourth-order valence-corrected chi connectivity index (χ4v) is 2.47. The predicted molar refractivity (Wildman–Crippen MR) is 92.9 cm³/mol. The third-order valence-electron chi connectivity index (χ3n) is 3.46. The first-order valence-electron chi connectivity index (χ1n) is 7.18. The van der Waals surface area contributed by atoms with E-state index in [1.54, 1.807) is 32.6 Å². The minimum atomic E-state index is 0.422. The summed E-state index contributed by atoms with van der Waals surface area (Å²) in [6, 6.07) is 9.78. The first-order valence-corrected chi connectivity index (χ1v) is 7.56. The van der Waals surface area contributed by atoms with Gasteiger partial charge in [0.25, 0.3) is 0 Å². The molecule has 4 nitrogen and oxygen atoms in total. The molecule has 2 aromatic carbocycles. The second-order valence-corrected chi connectivity index (χ2v) is 5.58. The van der Waals surface area contributed by atoms with Gasteiger partial charge in [-0.1, -0.05) is 40.5 Å². The van der Waals surface area contributed by atoms with Crippen LogP contribution in [0.15, 0.2) is 35.5 Å². The molecule has 0 aromatic heterocycles. The number of oxime groups is 1. The van der Waals surface area contributed by atoms with Gasteiger partial charge in [0.15, 0.2) is 11.5 Å². The molecule has 0 heterocycles. The number of hydrogen-bond donors (Lipinski definition) is 0.